The van der Waals surface area contributed by atoms with Crippen molar-refractivity contribution < 1.29 is 9.18 Å². The summed E-state index contributed by atoms with van der Waals surface area (Å²) in [6.07, 6.45) is 0.601. The van der Waals surface area contributed by atoms with Crippen LogP contribution in [0.1, 0.15) is 31.0 Å². The number of aromatic nitrogens is 4. The van der Waals surface area contributed by atoms with Crippen LogP contribution in [0.15, 0.2) is 42.5 Å². The summed E-state index contributed by atoms with van der Waals surface area (Å²) in [4.78, 5) is 14.3. The number of amides is 1. The lowest BCUT2D eigenvalue weighted by molar-refractivity contribution is -0.121. The van der Waals surface area contributed by atoms with Gasteiger partial charge in [-0.1, -0.05) is 50.2 Å². The van der Waals surface area contributed by atoms with E-state index in [-0.39, 0.29) is 35.7 Å². The molecule has 1 aromatic heterocycles. The van der Waals surface area contributed by atoms with Crippen LogP contribution >= 0.6 is 12.4 Å². The van der Waals surface area contributed by atoms with Crippen LogP contribution in [0.3, 0.4) is 0 Å². The van der Waals surface area contributed by atoms with Gasteiger partial charge in [-0.25, -0.2) is 4.39 Å². The van der Waals surface area contributed by atoms with Crippen LogP contribution in [0.5, 0.6) is 0 Å². The molecule has 1 aliphatic heterocycles. The third-order valence-corrected chi connectivity index (χ3v) is 5.07. The van der Waals surface area contributed by atoms with Crippen molar-refractivity contribution in [1.29, 1.82) is 0 Å². The number of carbonyl (C=O) groups excluding carboxylic acids is 1. The predicted octanol–water partition coefficient (Wildman–Crippen LogP) is 3.38. The Morgan fingerprint density at radius 1 is 1.20 bits per heavy atom. The number of rotatable bonds is 5. The van der Waals surface area contributed by atoms with Gasteiger partial charge in [0.25, 0.3) is 5.91 Å². The van der Waals surface area contributed by atoms with Crippen molar-refractivity contribution in [3.05, 3.63) is 59.4 Å². The second-order valence-electron chi connectivity index (χ2n) is 7.47. The lowest BCUT2D eigenvalue weighted by Gasteiger charge is -2.22. The first-order valence-electron chi connectivity index (χ1n) is 9.71. The van der Waals surface area contributed by atoms with Crippen LogP contribution in [-0.2, 0) is 17.8 Å². The highest BCUT2D eigenvalue weighted by molar-refractivity contribution is 5.94. The maximum atomic E-state index is 14.9. The summed E-state index contributed by atoms with van der Waals surface area (Å²) in [7, 11) is 0. The standard InChI is InChI=1S/C21H23FN6O.ClH/c1-13(2)19(28-26-20(25-27-28)14-6-4-3-5-7-14)21(29)24-17-9-8-15-12-23-11-10-16(15)18(17)22;/h3-9,13,19,23H,10-12H2,1-2H3,(H,24,29);1H. The van der Waals surface area contributed by atoms with Gasteiger partial charge in [0.1, 0.15) is 5.82 Å². The molecule has 2 heterocycles. The molecule has 0 radical (unpaired) electrons. The van der Waals surface area contributed by atoms with Crippen LogP contribution in [0.25, 0.3) is 11.4 Å². The van der Waals surface area contributed by atoms with Gasteiger partial charge in [0.05, 0.1) is 5.69 Å². The lowest BCUT2D eigenvalue weighted by Crippen LogP contribution is -2.32. The molecule has 2 aromatic carbocycles. The minimum atomic E-state index is -0.711. The minimum absolute atomic E-state index is 0. The zero-order valence-electron chi connectivity index (χ0n) is 16.8. The largest absolute Gasteiger partial charge is 0.322 e. The monoisotopic (exact) mass is 430 g/mol. The van der Waals surface area contributed by atoms with E-state index >= 15 is 0 Å². The second kappa shape index (κ2) is 9.32. The fraction of sp³-hybridized carbons (Fsp3) is 0.333. The number of benzene rings is 2. The molecule has 9 heteroatoms. The molecule has 0 bridgehead atoms. The number of hydrogen-bond donors (Lipinski definition) is 2. The average molecular weight is 431 g/mol. The highest BCUT2D eigenvalue weighted by atomic mass is 35.5. The molecule has 7 nitrogen and oxygen atoms in total. The third kappa shape index (κ3) is 4.34. The fourth-order valence-corrected chi connectivity index (χ4v) is 3.56. The topological polar surface area (TPSA) is 84.7 Å². The molecule has 30 heavy (non-hydrogen) atoms. The summed E-state index contributed by atoms with van der Waals surface area (Å²) in [5.41, 5.74) is 2.59. The molecule has 3 aromatic rings. The number of fused-ring (bicyclic) bond motifs is 1. The molecule has 0 aliphatic carbocycles. The molecule has 4 rings (SSSR count). The van der Waals surface area contributed by atoms with Crippen LogP contribution < -0.4 is 10.6 Å². The molecule has 1 atom stereocenters. The second-order valence-corrected chi connectivity index (χ2v) is 7.47. The Labute approximate surface area is 180 Å². The first-order valence-corrected chi connectivity index (χ1v) is 9.71. The van der Waals surface area contributed by atoms with Gasteiger partial charge < -0.3 is 10.6 Å². The summed E-state index contributed by atoms with van der Waals surface area (Å²) in [5.74, 6) is -0.407. The molecular weight excluding hydrogens is 407 g/mol. The maximum Gasteiger partial charge on any atom is 0.251 e. The molecule has 1 unspecified atom stereocenters. The predicted molar refractivity (Wildman–Crippen MR) is 115 cm³/mol. The van der Waals surface area contributed by atoms with E-state index in [0.717, 1.165) is 17.7 Å². The summed E-state index contributed by atoms with van der Waals surface area (Å²) in [6.45, 7) is 5.15. The molecule has 0 spiro atoms. The number of halogens is 2. The highest BCUT2D eigenvalue weighted by Gasteiger charge is 2.28. The van der Waals surface area contributed by atoms with Gasteiger partial charge in [0.2, 0.25) is 5.82 Å². The van der Waals surface area contributed by atoms with E-state index in [4.69, 9.17) is 0 Å². The number of anilines is 1. The van der Waals surface area contributed by atoms with Gasteiger partial charge in [0, 0.05) is 12.1 Å². The zero-order valence-corrected chi connectivity index (χ0v) is 17.6. The lowest BCUT2D eigenvalue weighted by atomic mass is 9.99. The van der Waals surface area contributed by atoms with Crippen molar-refractivity contribution >= 4 is 24.0 Å². The molecule has 0 saturated carbocycles. The van der Waals surface area contributed by atoms with Crippen LogP contribution in [0.4, 0.5) is 10.1 Å². The highest BCUT2D eigenvalue weighted by Crippen LogP contribution is 2.26. The van der Waals surface area contributed by atoms with Gasteiger partial charge >= 0.3 is 0 Å². The molecule has 2 N–H and O–H groups in total. The Bertz CT molecular complexity index is 1020. The van der Waals surface area contributed by atoms with Gasteiger partial charge in [0.15, 0.2) is 6.04 Å². The average Bonchev–Trinajstić information content (AvgIpc) is 3.20. The van der Waals surface area contributed by atoms with Crippen molar-refractivity contribution in [3.8, 4) is 11.4 Å². The Hall–Kier alpha value is -2.84. The van der Waals surface area contributed by atoms with Crippen LogP contribution in [0, 0.1) is 11.7 Å². The SMILES string of the molecule is CC(C)C(C(=O)Nc1ccc2c(c1F)CCNC2)n1nnc(-c2ccccc2)n1.Cl. The number of nitrogens with one attached hydrogen (secondary N) is 2. The normalized spacial score (nSPS) is 14.0. The molecular formula is C21H24ClFN6O. The van der Waals surface area contributed by atoms with E-state index in [0.29, 0.717) is 24.4 Å². The van der Waals surface area contributed by atoms with E-state index in [9.17, 15) is 9.18 Å². The quantitative estimate of drug-likeness (QED) is 0.648. The summed E-state index contributed by atoms with van der Waals surface area (Å²) in [5, 5.41) is 18.5. The van der Waals surface area contributed by atoms with E-state index in [2.05, 4.69) is 26.0 Å². The Kier molecular flexibility index (Phi) is 6.79. The van der Waals surface area contributed by atoms with Crippen molar-refractivity contribution in [2.45, 2.75) is 32.9 Å². The van der Waals surface area contributed by atoms with E-state index in [1.807, 2.05) is 50.2 Å². The fourth-order valence-electron chi connectivity index (χ4n) is 3.56. The molecule has 1 aliphatic rings. The Morgan fingerprint density at radius 3 is 2.70 bits per heavy atom. The van der Waals surface area contributed by atoms with E-state index in [1.54, 1.807) is 6.07 Å². The van der Waals surface area contributed by atoms with Crippen molar-refractivity contribution in [3.63, 3.8) is 0 Å². The van der Waals surface area contributed by atoms with Crippen LogP contribution in [-0.4, -0.2) is 32.7 Å². The number of carbonyl (C=O) groups is 1. The van der Waals surface area contributed by atoms with Gasteiger partial charge in [-0.15, -0.1) is 22.6 Å². The molecule has 0 saturated heterocycles. The third-order valence-electron chi connectivity index (χ3n) is 5.07. The van der Waals surface area contributed by atoms with Gasteiger partial charge in [-0.2, -0.15) is 4.80 Å². The maximum absolute atomic E-state index is 14.9. The smallest absolute Gasteiger partial charge is 0.251 e. The van der Waals surface area contributed by atoms with Crippen molar-refractivity contribution in [2.75, 3.05) is 11.9 Å². The zero-order chi connectivity index (χ0) is 20.4. The van der Waals surface area contributed by atoms with Gasteiger partial charge in [-0.05, 0) is 41.3 Å². The van der Waals surface area contributed by atoms with Crippen molar-refractivity contribution in [2.24, 2.45) is 5.92 Å². The Morgan fingerprint density at radius 2 is 1.97 bits per heavy atom. The molecule has 1 amide bonds. The summed E-state index contributed by atoms with van der Waals surface area (Å²) in [6, 6.07) is 12.2. The number of hydrogen-bond acceptors (Lipinski definition) is 5. The molecule has 158 valence electrons. The number of nitrogens with zero attached hydrogens (tertiary/aromatic N) is 4. The first kappa shape index (κ1) is 21.9. The number of tetrazole rings is 1. The van der Waals surface area contributed by atoms with Gasteiger partial charge in [-0.3, -0.25) is 4.79 Å². The van der Waals surface area contributed by atoms with E-state index < -0.39 is 6.04 Å². The van der Waals surface area contributed by atoms with Crippen molar-refractivity contribution in [1.82, 2.24) is 25.5 Å². The minimum Gasteiger partial charge on any atom is -0.322 e. The van der Waals surface area contributed by atoms with E-state index in [1.165, 1.54) is 4.80 Å². The summed E-state index contributed by atoms with van der Waals surface area (Å²) >= 11 is 0. The summed E-state index contributed by atoms with van der Waals surface area (Å²) < 4.78 is 14.9. The van der Waals surface area contributed by atoms with Crippen LogP contribution in [0.2, 0.25) is 0 Å². The first-order chi connectivity index (χ1) is 14.0. The Balaban J connectivity index is 0.00000256. The molecule has 0 fully saturated rings.